The fourth-order valence-corrected chi connectivity index (χ4v) is 3.37. The minimum atomic E-state index is -0.732. The Hall–Kier alpha value is -2.64. The Balaban J connectivity index is 2.21. The first-order valence-electron chi connectivity index (χ1n) is 10.2. The molecule has 0 aliphatic carbocycles. The van der Waals surface area contributed by atoms with Crippen LogP contribution in [0, 0.1) is 0 Å². The molecule has 9 heteroatoms. The van der Waals surface area contributed by atoms with Gasteiger partial charge in [0.05, 0.1) is 14.2 Å². The second-order valence-electron chi connectivity index (χ2n) is 7.06. The van der Waals surface area contributed by atoms with Crippen molar-refractivity contribution in [1.29, 1.82) is 0 Å². The van der Waals surface area contributed by atoms with Gasteiger partial charge in [0.1, 0.15) is 23.3 Å². The number of carbonyl (C=O) groups excluding carboxylic acids is 2. The first kappa shape index (κ1) is 25.6. The van der Waals surface area contributed by atoms with E-state index in [1.807, 2.05) is 6.92 Å². The van der Waals surface area contributed by atoms with Gasteiger partial charge in [-0.1, -0.05) is 36.2 Å². The number of hydrogen-bond acceptors (Lipinski definition) is 5. The summed E-state index contributed by atoms with van der Waals surface area (Å²) in [6.45, 7) is 3.99. The summed E-state index contributed by atoms with van der Waals surface area (Å²) in [5.41, 5.74) is 0.669. The van der Waals surface area contributed by atoms with Crippen LogP contribution in [0.5, 0.6) is 17.2 Å². The molecule has 2 aromatic carbocycles. The molecule has 2 rings (SSSR count). The van der Waals surface area contributed by atoms with Crippen molar-refractivity contribution in [2.24, 2.45) is 0 Å². The van der Waals surface area contributed by atoms with E-state index in [0.29, 0.717) is 39.4 Å². The fraction of sp³-hybridized carbons (Fsp3) is 0.391. The summed E-state index contributed by atoms with van der Waals surface area (Å²) in [6.07, 6.45) is 0.788. The molecule has 2 amide bonds. The average Bonchev–Trinajstić information content (AvgIpc) is 2.79. The Morgan fingerprint density at radius 2 is 1.66 bits per heavy atom. The van der Waals surface area contributed by atoms with Crippen LogP contribution in [0.15, 0.2) is 36.4 Å². The third kappa shape index (κ3) is 7.21. The predicted octanol–water partition coefficient (Wildman–Crippen LogP) is 4.33. The zero-order valence-electron chi connectivity index (χ0n) is 18.6. The number of carbonyl (C=O) groups is 2. The molecule has 7 nitrogen and oxygen atoms in total. The molecule has 32 heavy (non-hydrogen) atoms. The van der Waals surface area contributed by atoms with E-state index in [1.165, 1.54) is 19.1 Å². The molecule has 0 aromatic heterocycles. The molecule has 0 bridgehead atoms. The largest absolute Gasteiger partial charge is 0.496 e. The van der Waals surface area contributed by atoms with Gasteiger partial charge in [-0.3, -0.25) is 9.59 Å². The highest BCUT2D eigenvalue weighted by Gasteiger charge is 2.27. The highest BCUT2D eigenvalue weighted by molar-refractivity contribution is 6.35. The third-order valence-electron chi connectivity index (χ3n) is 4.76. The predicted molar refractivity (Wildman–Crippen MR) is 125 cm³/mol. The van der Waals surface area contributed by atoms with Crippen LogP contribution < -0.4 is 19.5 Å². The van der Waals surface area contributed by atoms with Crippen LogP contribution in [0.3, 0.4) is 0 Å². The SMILES string of the molecule is CCCNC(=O)[C@H](C)N(Cc1ccc(Cl)cc1Cl)C(=O)COc1cc(OC)cc(OC)c1. The van der Waals surface area contributed by atoms with E-state index in [-0.39, 0.29) is 25.0 Å². The minimum absolute atomic E-state index is 0.125. The van der Waals surface area contributed by atoms with Gasteiger partial charge in [0.2, 0.25) is 5.91 Å². The maximum atomic E-state index is 13.1. The molecule has 174 valence electrons. The van der Waals surface area contributed by atoms with Gasteiger partial charge in [-0.2, -0.15) is 0 Å². The van der Waals surface area contributed by atoms with E-state index >= 15 is 0 Å². The number of nitrogens with one attached hydrogen (secondary N) is 1. The van der Waals surface area contributed by atoms with E-state index in [2.05, 4.69) is 5.32 Å². The van der Waals surface area contributed by atoms with Crippen LogP contribution in [-0.4, -0.2) is 50.1 Å². The van der Waals surface area contributed by atoms with Crippen LogP contribution in [0.25, 0.3) is 0 Å². The van der Waals surface area contributed by atoms with Crippen molar-refractivity contribution < 1.29 is 23.8 Å². The summed E-state index contributed by atoms with van der Waals surface area (Å²) >= 11 is 12.3. The smallest absolute Gasteiger partial charge is 0.261 e. The molecule has 0 heterocycles. The molecular weight excluding hydrogens is 455 g/mol. The molecule has 1 N–H and O–H groups in total. The van der Waals surface area contributed by atoms with Gasteiger partial charge in [-0.25, -0.2) is 0 Å². The molecule has 0 radical (unpaired) electrons. The Morgan fingerprint density at radius 1 is 1.03 bits per heavy atom. The van der Waals surface area contributed by atoms with Crippen molar-refractivity contribution in [3.63, 3.8) is 0 Å². The number of nitrogens with zero attached hydrogens (tertiary/aromatic N) is 1. The summed E-state index contributed by atoms with van der Waals surface area (Å²) in [5, 5.41) is 3.72. The maximum Gasteiger partial charge on any atom is 0.261 e. The van der Waals surface area contributed by atoms with Gasteiger partial charge in [0, 0.05) is 41.3 Å². The van der Waals surface area contributed by atoms with Gasteiger partial charge in [-0.15, -0.1) is 0 Å². The summed E-state index contributed by atoms with van der Waals surface area (Å²) < 4.78 is 16.1. The average molecular weight is 483 g/mol. The molecule has 2 aromatic rings. The van der Waals surface area contributed by atoms with E-state index in [0.717, 1.165) is 6.42 Å². The van der Waals surface area contributed by atoms with Gasteiger partial charge in [0.25, 0.3) is 5.91 Å². The summed E-state index contributed by atoms with van der Waals surface area (Å²) in [6, 6.07) is 9.28. The van der Waals surface area contributed by atoms with Gasteiger partial charge < -0.3 is 24.4 Å². The van der Waals surface area contributed by atoms with Crippen LogP contribution in [0.1, 0.15) is 25.8 Å². The van der Waals surface area contributed by atoms with Crippen LogP contribution >= 0.6 is 23.2 Å². The Labute approximate surface area is 198 Å². The molecule has 0 aliphatic heterocycles. The van der Waals surface area contributed by atoms with Gasteiger partial charge >= 0.3 is 0 Å². The summed E-state index contributed by atoms with van der Waals surface area (Å²) in [5.74, 6) is 0.834. The van der Waals surface area contributed by atoms with Crippen molar-refractivity contribution in [3.8, 4) is 17.2 Å². The lowest BCUT2D eigenvalue weighted by Gasteiger charge is -2.29. The van der Waals surface area contributed by atoms with Crippen molar-refractivity contribution in [1.82, 2.24) is 10.2 Å². The number of hydrogen-bond donors (Lipinski definition) is 1. The number of halogens is 2. The number of rotatable bonds is 11. The standard InChI is InChI=1S/C23H28Cl2N2O5/c1-5-8-26-23(29)15(2)27(13-16-6-7-17(24)9-21(16)25)22(28)14-32-20-11-18(30-3)10-19(12-20)31-4/h6-7,9-12,15H,5,8,13-14H2,1-4H3,(H,26,29)/t15-/m0/s1. The summed E-state index contributed by atoms with van der Waals surface area (Å²) in [7, 11) is 3.05. The van der Waals surface area contributed by atoms with Gasteiger partial charge in [-0.05, 0) is 31.0 Å². The second kappa shape index (κ2) is 12.4. The number of amides is 2. The topological polar surface area (TPSA) is 77.1 Å². The zero-order chi connectivity index (χ0) is 23.7. The summed E-state index contributed by atoms with van der Waals surface area (Å²) in [4.78, 5) is 27.1. The van der Waals surface area contributed by atoms with E-state index in [1.54, 1.807) is 43.3 Å². The van der Waals surface area contributed by atoms with Crippen LogP contribution in [-0.2, 0) is 16.1 Å². The maximum absolute atomic E-state index is 13.1. The van der Waals surface area contributed by atoms with Crippen LogP contribution in [0.4, 0.5) is 0 Å². The molecule has 0 saturated carbocycles. The van der Waals surface area contributed by atoms with Crippen molar-refractivity contribution in [3.05, 3.63) is 52.0 Å². The van der Waals surface area contributed by atoms with Crippen molar-refractivity contribution >= 4 is 35.0 Å². The lowest BCUT2D eigenvalue weighted by molar-refractivity contribution is -0.142. The van der Waals surface area contributed by atoms with E-state index < -0.39 is 6.04 Å². The lowest BCUT2D eigenvalue weighted by atomic mass is 10.1. The van der Waals surface area contributed by atoms with Gasteiger partial charge in [0.15, 0.2) is 6.61 Å². The molecule has 0 fully saturated rings. The Morgan fingerprint density at radius 3 is 2.22 bits per heavy atom. The number of methoxy groups -OCH3 is 2. The molecule has 0 aliphatic rings. The minimum Gasteiger partial charge on any atom is -0.496 e. The third-order valence-corrected chi connectivity index (χ3v) is 5.35. The molecule has 0 saturated heterocycles. The second-order valence-corrected chi connectivity index (χ2v) is 7.91. The van der Waals surface area contributed by atoms with Crippen molar-refractivity contribution in [2.45, 2.75) is 32.9 Å². The fourth-order valence-electron chi connectivity index (χ4n) is 2.90. The first-order chi connectivity index (χ1) is 15.3. The number of ether oxygens (including phenoxy) is 3. The molecule has 1 atom stereocenters. The Kier molecular flexibility index (Phi) is 9.94. The zero-order valence-corrected chi connectivity index (χ0v) is 20.1. The lowest BCUT2D eigenvalue weighted by Crippen LogP contribution is -2.49. The highest BCUT2D eigenvalue weighted by atomic mass is 35.5. The van der Waals surface area contributed by atoms with Crippen LogP contribution in [0.2, 0.25) is 10.0 Å². The molecular formula is C23H28Cl2N2O5. The quantitative estimate of drug-likeness (QED) is 0.515. The monoisotopic (exact) mass is 482 g/mol. The molecule has 0 spiro atoms. The van der Waals surface area contributed by atoms with Crippen molar-refractivity contribution in [2.75, 3.05) is 27.4 Å². The first-order valence-corrected chi connectivity index (χ1v) is 10.9. The number of benzene rings is 2. The normalized spacial score (nSPS) is 11.4. The Bertz CT molecular complexity index is 916. The molecule has 0 unspecified atom stereocenters. The van der Waals surface area contributed by atoms with E-state index in [4.69, 9.17) is 37.4 Å². The van der Waals surface area contributed by atoms with E-state index in [9.17, 15) is 9.59 Å². The highest BCUT2D eigenvalue weighted by Crippen LogP contribution is 2.28.